The first-order valence-electron chi connectivity index (χ1n) is 11.8. The Bertz CT molecular complexity index is 1260. The molecule has 1 unspecified atom stereocenters. The topological polar surface area (TPSA) is 87.1 Å². The Morgan fingerprint density at radius 1 is 0.971 bits per heavy atom. The number of carbonyl (C=O) groups excluding carboxylic acids is 2. The Morgan fingerprint density at radius 2 is 1.71 bits per heavy atom. The molecule has 0 aliphatic carbocycles. The minimum absolute atomic E-state index is 0.00226. The van der Waals surface area contributed by atoms with Crippen molar-refractivity contribution in [3.63, 3.8) is 0 Å². The molecule has 180 valence electrons. The van der Waals surface area contributed by atoms with Crippen molar-refractivity contribution in [3.8, 4) is 11.5 Å². The molecule has 2 N–H and O–H groups in total. The van der Waals surface area contributed by atoms with Crippen molar-refractivity contribution in [1.29, 1.82) is 0 Å². The standard InChI is InChI=1S/C29H29NO5/c1-3-4-7-17-35-23-15-13-20(14-16-23)27(32)25-26(21-10-8-11-22(31)18-21)30(29(34)28(25)33)24-12-6-5-9-19(24)2/h5-6,8-16,18,26,31-32H,3-4,7,17H2,1-2H3/b27-25-. The van der Waals surface area contributed by atoms with E-state index in [4.69, 9.17) is 4.74 Å². The monoisotopic (exact) mass is 471 g/mol. The van der Waals surface area contributed by atoms with Gasteiger partial charge in [-0.25, -0.2) is 0 Å². The maximum absolute atomic E-state index is 13.3. The van der Waals surface area contributed by atoms with Crippen LogP contribution in [0.25, 0.3) is 5.76 Å². The SMILES string of the molecule is CCCCCOc1ccc(/C(O)=C2/C(=O)C(=O)N(c3ccccc3C)C2c2cccc(O)c2)cc1. The minimum Gasteiger partial charge on any atom is -0.508 e. The summed E-state index contributed by atoms with van der Waals surface area (Å²) >= 11 is 0. The molecule has 3 aromatic rings. The zero-order chi connectivity index (χ0) is 24.9. The highest BCUT2D eigenvalue weighted by molar-refractivity contribution is 6.51. The molecule has 0 bridgehead atoms. The second kappa shape index (κ2) is 10.5. The van der Waals surface area contributed by atoms with Crippen molar-refractivity contribution in [2.75, 3.05) is 11.5 Å². The van der Waals surface area contributed by atoms with Crippen LogP contribution in [0.3, 0.4) is 0 Å². The van der Waals surface area contributed by atoms with Gasteiger partial charge in [-0.2, -0.15) is 0 Å². The summed E-state index contributed by atoms with van der Waals surface area (Å²) in [4.78, 5) is 27.9. The molecule has 0 radical (unpaired) electrons. The van der Waals surface area contributed by atoms with Gasteiger partial charge in [0.2, 0.25) is 0 Å². The molecule has 0 aromatic heterocycles. The van der Waals surface area contributed by atoms with Crippen molar-refractivity contribution < 1.29 is 24.5 Å². The molecule has 4 rings (SSSR count). The van der Waals surface area contributed by atoms with Crippen molar-refractivity contribution in [3.05, 3.63) is 95.1 Å². The number of hydrogen-bond acceptors (Lipinski definition) is 5. The van der Waals surface area contributed by atoms with Crippen LogP contribution in [0.2, 0.25) is 0 Å². The predicted octanol–water partition coefficient (Wildman–Crippen LogP) is 5.90. The molecule has 6 nitrogen and oxygen atoms in total. The van der Waals surface area contributed by atoms with Gasteiger partial charge in [0.1, 0.15) is 17.3 Å². The number of amides is 1. The Hall–Kier alpha value is -4.06. The van der Waals surface area contributed by atoms with Gasteiger partial charge in [-0.05, 0) is 66.9 Å². The summed E-state index contributed by atoms with van der Waals surface area (Å²) in [5.74, 6) is -1.11. The minimum atomic E-state index is -0.895. The fraction of sp³-hybridized carbons (Fsp3) is 0.241. The summed E-state index contributed by atoms with van der Waals surface area (Å²) < 4.78 is 5.74. The number of para-hydroxylation sites is 1. The normalized spacial score (nSPS) is 17.1. The number of ketones is 1. The average Bonchev–Trinajstić information content (AvgIpc) is 3.12. The zero-order valence-corrected chi connectivity index (χ0v) is 19.9. The van der Waals surface area contributed by atoms with E-state index >= 15 is 0 Å². The van der Waals surface area contributed by atoms with Crippen LogP contribution >= 0.6 is 0 Å². The van der Waals surface area contributed by atoms with E-state index in [-0.39, 0.29) is 17.1 Å². The third-order valence-corrected chi connectivity index (χ3v) is 6.15. The highest BCUT2D eigenvalue weighted by Gasteiger charge is 2.47. The van der Waals surface area contributed by atoms with Gasteiger partial charge in [0.05, 0.1) is 18.2 Å². The number of aliphatic hydroxyl groups excluding tert-OH is 1. The quantitative estimate of drug-likeness (QED) is 0.185. The number of aryl methyl sites for hydroxylation is 1. The summed E-state index contributed by atoms with van der Waals surface area (Å²) in [6.07, 6.45) is 3.16. The van der Waals surface area contributed by atoms with E-state index in [1.54, 1.807) is 48.5 Å². The number of phenolic OH excluding ortho intramolecular Hbond substituents is 1. The molecule has 3 aromatic carbocycles. The van der Waals surface area contributed by atoms with Crippen molar-refractivity contribution >= 4 is 23.1 Å². The first kappa shape index (κ1) is 24.1. The van der Waals surface area contributed by atoms with E-state index in [0.29, 0.717) is 29.2 Å². The second-order valence-electron chi connectivity index (χ2n) is 8.63. The van der Waals surface area contributed by atoms with Gasteiger partial charge in [0.25, 0.3) is 11.7 Å². The van der Waals surface area contributed by atoms with Crippen LogP contribution in [0.4, 0.5) is 5.69 Å². The first-order chi connectivity index (χ1) is 16.9. The lowest BCUT2D eigenvalue weighted by Gasteiger charge is -2.26. The molecule has 1 fully saturated rings. The van der Waals surface area contributed by atoms with Crippen LogP contribution in [-0.4, -0.2) is 28.5 Å². The number of phenols is 1. The third kappa shape index (κ3) is 4.92. The zero-order valence-electron chi connectivity index (χ0n) is 19.9. The molecule has 1 saturated heterocycles. The number of anilines is 1. The number of Topliss-reactive ketones (excluding diaryl/α,β-unsaturated/α-hetero) is 1. The summed E-state index contributed by atoms with van der Waals surface area (Å²) in [6, 6.07) is 19.6. The van der Waals surface area contributed by atoms with E-state index in [9.17, 15) is 19.8 Å². The molecule has 35 heavy (non-hydrogen) atoms. The number of aromatic hydroxyl groups is 1. The van der Waals surface area contributed by atoms with Gasteiger partial charge in [-0.15, -0.1) is 0 Å². The lowest BCUT2D eigenvalue weighted by molar-refractivity contribution is -0.132. The Labute approximate surface area is 205 Å². The molecular weight excluding hydrogens is 442 g/mol. The van der Waals surface area contributed by atoms with E-state index in [1.165, 1.54) is 17.0 Å². The van der Waals surface area contributed by atoms with Gasteiger partial charge in [0, 0.05) is 11.3 Å². The first-order valence-corrected chi connectivity index (χ1v) is 11.8. The van der Waals surface area contributed by atoms with Crippen molar-refractivity contribution in [2.24, 2.45) is 0 Å². The number of hydrogen-bond donors (Lipinski definition) is 2. The number of rotatable bonds is 8. The molecule has 1 atom stereocenters. The van der Waals surface area contributed by atoms with Crippen LogP contribution in [0, 0.1) is 6.92 Å². The summed E-state index contributed by atoms with van der Waals surface area (Å²) in [5.41, 5.74) is 2.27. The number of benzene rings is 3. The lowest BCUT2D eigenvalue weighted by atomic mass is 9.94. The maximum atomic E-state index is 13.3. The maximum Gasteiger partial charge on any atom is 0.300 e. The number of nitrogens with zero attached hydrogens (tertiary/aromatic N) is 1. The third-order valence-electron chi connectivity index (χ3n) is 6.15. The highest BCUT2D eigenvalue weighted by atomic mass is 16.5. The largest absolute Gasteiger partial charge is 0.508 e. The fourth-order valence-corrected chi connectivity index (χ4v) is 4.33. The van der Waals surface area contributed by atoms with Gasteiger partial charge < -0.3 is 14.9 Å². The smallest absolute Gasteiger partial charge is 0.300 e. The molecular formula is C29H29NO5. The van der Waals surface area contributed by atoms with Gasteiger partial charge in [-0.1, -0.05) is 50.1 Å². The van der Waals surface area contributed by atoms with Gasteiger partial charge in [0.15, 0.2) is 0 Å². The molecule has 0 saturated carbocycles. The van der Waals surface area contributed by atoms with E-state index in [0.717, 1.165) is 24.8 Å². The Balaban J connectivity index is 1.77. The number of unbranched alkanes of at least 4 members (excludes halogenated alkanes) is 2. The van der Waals surface area contributed by atoms with Crippen LogP contribution in [-0.2, 0) is 9.59 Å². The van der Waals surface area contributed by atoms with Crippen LogP contribution in [0.5, 0.6) is 11.5 Å². The molecule has 1 amide bonds. The second-order valence-corrected chi connectivity index (χ2v) is 8.63. The van der Waals surface area contributed by atoms with E-state index in [2.05, 4.69) is 6.92 Å². The van der Waals surface area contributed by atoms with Crippen LogP contribution < -0.4 is 9.64 Å². The van der Waals surface area contributed by atoms with Crippen molar-refractivity contribution in [1.82, 2.24) is 0 Å². The molecule has 1 heterocycles. The molecule has 1 aliphatic heterocycles. The summed E-state index contributed by atoms with van der Waals surface area (Å²) in [6.45, 7) is 4.59. The Morgan fingerprint density at radius 3 is 2.40 bits per heavy atom. The average molecular weight is 472 g/mol. The summed E-state index contributed by atoms with van der Waals surface area (Å²) in [7, 11) is 0. The Kier molecular flexibility index (Phi) is 7.20. The van der Waals surface area contributed by atoms with E-state index in [1.807, 2.05) is 19.1 Å². The number of carbonyl (C=O) groups is 2. The van der Waals surface area contributed by atoms with Crippen molar-refractivity contribution in [2.45, 2.75) is 39.2 Å². The molecule has 1 aliphatic rings. The number of aliphatic hydroxyl groups is 1. The van der Waals surface area contributed by atoms with Gasteiger partial charge >= 0.3 is 0 Å². The van der Waals surface area contributed by atoms with Crippen LogP contribution in [0.1, 0.15) is 48.9 Å². The molecule has 0 spiro atoms. The molecule has 6 heteroatoms. The van der Waals surface area contributed by atoms with Gasteiger partial charge in [-0.3, -0.25) is 14.5 Å². The van der Waals surface area contributed by atoms with Crippen LogP contribution in [0.15, 0.2) is 78.4 Å². The fourth-order valence-electron chi connectivity index (χ4n) is 4.33. The number of ether oxygens (including phenoxy) is 1. The summed E-state index contributed by atoms with van der Waals surface area (Å²) in [5, 5.41) is 21.4. The lowest BCUT2D eigenvalue weighted by Crippen LogP contribution is -2.30. The highest BCUT2D eigenvalue weighted by Crippen LogP contribution is 2.43. The van der Waals surface area contributed by atoms with E-state index < -0.39 is 17.7 Å². The predicted molar refractivity (Wildman–Crippen MR) is 136 cm³/mol.